The highest BCUT2D eigenvalue weighted by molar-refractivity contribution is 7.15. The lowest BCUT2D eigenvalue weighted by atomic mass is 10.1. The first-order valence-electron chi connectivity index (χ1n) is 10.3. The van der Waals surface area contributed by atoms with Crippen molar-refractivity contribution >= 4 is 22.4 Å². The summed E-state index contributed by atoms with van der Waals surface area (Å²) in [4.78, 5) is 28.4. The number of nitrogens with zero attached hydrogens (tertiary/aromatic N) is 3. The Kier molecular flexibility index (Phi) is 7.57. The Bertz CT molecular complexity index is 1170. The summed E-state index contributed by atoms with van der Waals surface area (Å²) in [6.45, 7) is 4.40. The van der Waals surface area contributed by atoms with Crippen LogP contribution < -0.4 is 25.1 Å². The lowest BCUT2D eigenvalue weighted by Gasteiger charge is -2.11. The molecule has 0 radical (unpaired) electrons. The summed E-state index contributed by atoms with van der Waals surface area (Å²) in [5.41, 5.74) is 0.272. The fourth-order valence-electron chi connectivity index (χ4n) is 3.10. The van der Waals surface area contributed by atoms with E-state index >= 15 is 0 Å². The van der Waals surface area contributed by atoms with Gasteiger partial charge in [0, 0.05) is 0 Å². The summed E-state index contributed by atoms with van der Waals surface area (Å²) >= 11 is 1.13. The van der Waals surface area contributed by atoms with Crippen LogP contribution in [0.4, 0.5) is 0 Å². The van der Waals surface area contributed by atoms with Crippen LogP contribution >= 0.6 is 11.3 Å². The molecule has 0 fully saturated rings. The van der Waals surface area contributed by atoms with Crippen LogP contribution in [-0.4, -0.2) is 28.3 Å². The van der Waals surface area contributed by atoms with E-state index in [1.165, 1.54) is 37.1 Å². The number of unbranched alkanes of at least 4 members (excludes halogenated alkanes) is 5. The first-order chi connectivity index (χ1) is 14.5. The first kappa shape index (κ1) is 22.0. The SMILES string of the molecule is CCCCCCCCOc1ccc(C=c2sc3nc(=O)c(C)nn3c2=O)cc1OC. The second-order valence-electron chi connectivity index (χ2n) is 7.14. The number of methoxy groups -OCH3 is 1. The zero-order valence-electron chi connectivity index (χ0n) is 17.6. The maximum Gasteiger partial charge on any atom is 0.295 e. The molecule has 0 unspecified atom stereocenters. The van der Waals surface area contributed by atoms with Gasteiger partial charge in [0.15, 0.2) is 11.5 Å². The zero-order valence-corrected chi connectivity index (χ0v) is 18.5. The number of ether oxygens (including phenoxy) is 2. The Labute approximate surface area is 179 Å². The molecule has 2 heterocycles. The van der Waals surface area contributed by atoms with E-state index in [0.29, 0.717) is 22.6 Å². The Morgan fingerprint density at radius 1 is 1.10 bits per heavy atom. The fraction of sp³-hybridized carbons (Fsp3) is 0.455. The van der Waals surface area contributed by atoms with Gasteiger partial charge in [-0.2, -0.15) is 14.6 Å². The highest BCUT2D eigenvalue weighted by Gasteiger charge is 2.09. The molecule has 3 rings (SSSR count). The number of aryl methyl sites for hydroxylation is 1. The first-order valence-corrected chi connectivity index (χ1v) is 11.1. The van der Waals surface area contributed by atoms with Gasteiger partial charge in [-0.25, -0.2) is 0 Å². The molecule has 0 N–H and O–H groups in total. The molecule has 3 aromatic rings. The monoisotopic (exact) mass is 429 g/mol. The van der Waals surface area contributed by atoms with E-state index in [2.05, 4.69) is 17.0 Å². The molecule has 0 bridgehead atoms. The molecule has 8 heteroatoms. The van der Waals surface area contributed by atoms with Crippen LogP contribution in [0.3, 0.4) is 0 Å². The summed E-state index contributed by atoms with van der Waals surface area (Å²) in [6, 6.07) is 5.55. The smallest absolute Gasteiger partial charge is 0.295 e. The third kappa shape index (κ3) is 5.24. The number of hydrogen-bond donors (Lipinski definition) is 0. The molecule has 30 heavy (non-hydrogen) atoms. The third-order valence-electron chi connectivity index (χ3n) is 4.78. The molecule has 7 nitrogen and oxygen atoms in total. The number of benzene rings is 1. The van der Waals surface area contributed by atoms with E-state index in [1.54, 1.807) is 13.2 Å². The second-order valence-corrected chi connectivity index (χ2v) is 8.15. The molecule has 0 aliphatic carbocycles. The second kappa shape index (κ2) is 10.3. The fourth-order valence-corrected chi connectivity index (χ4v) is 4.00. The minimum atomic E-state index is -0.420. The van der Waals surface area contributed by atoms with Crippen LogP contribution in [0.5, 0.6) is 11.5 Å². The molecule has 0 atom stereocenters. The van der Waals surface area contributed by atoms with Crippen molar-refractivity contribution in [3.05, 3.63) is 54.7 Å². The number of fused-ring (bicyclic) bond motifs is 1. The summed E-state index contributed by atoms with van der Waals surface area (Å²) < 4.78 is 13.0. The normalized spacial score (nSPS) is 11.9. The third-order valence-corrected chi connectivity index (χ3v) is 5.74. The van der Waals surface area contributed by atoms with E-state index < -0.39 is 5.56 Å². The van der Waals surface area contributed by atoms with Crippen molar-refractivity contribution in [2.75, 3.05) is 13.7 Å². The molecule has 0 aliphatic rings. The largest absolute Gasteiger partial charge is 0.493 e. The molecule has 0 saturated carbocycles. The van der Waals surface area contributed by atoms with Gasteiger partial charge in [0.1, 0.15) is 5.69 Å². The van der Waals surface area contributed by atoms with Gasteiger partial charge >= 0.3 is 0 Å². The van der Waals surface area contributed by atoms with Crippen LogP contribution in [0.2, 0.25) is 0 Å². The predicted molar refractivity (Wildman–Crippen MR) is 119 cm³/mol. The van der Waals surface area contributed by atoms with Gasteiger partial charge in [-0.1, -0.05) is 56.4 Å². The van der Waals surface area contributed by atoms with Crippen molar-refractivity contribution in [2.45, 2.75) is 52.4 Å². The van der Waals surface area contributed by atoms with Crippen molar-refractivity contribution in [3.63, 3.8) is 0 Å². The van der Waals surface area contributed by atoms with Crippen molar-refractivity contribution < 1.29 is 9.47 Å². The van der Waals surface area contributed by atoms with Crippen LogP contribution in [0.1, 0.15) is 56.7 Å². The Morgan fingerprint density at radius 3 is 2.63 bits per heavy atom. The summed E-state index contributed by atoms with van der Waals surface area (Å²) in [5.74, 6) is 1.30. The molecular weight excluding hydrogens is 402 g/mol. The predicted octanol–water partition coefficient (Wildman–Crippen LogP) is 3.12. The quantitative estimate of drug-likeness (QED) is 0.461. The van der Waals surface area contributed by atoms with Crippen molar-refractivity contribution in [3.8, 4) is 11.5 Å². The van der Waals surface area contributed by atoms with Gasteiger partial charge in [0.05, 0.1) is 18.2 Å². The van der Waals surface area contributed by atoms with Crippen molar-refractivity contribution in [2.24, 2.45) is 0 Å². The molecule has 1 aromatic carbocycles. The summed E-state index contributed by atoms with van der Waals surface area (Å²) in [7, 11) is 1.59. The molecule has 0 saturated heterocycles. The number of rotatable bonds is 10. The van der Waals surface area contributed by atoms with E-state index in [4.69, 9.17) is 9.47 Å². The van der Waals surface area contributed by atoms with Gasteiger partial charge in [-0.05, 0) is 37.1 Å². The maximum absolute atomic E-state index is 12.6. The standard InChI is InChI=1S/C22H27N3O4S/c1-4-5-6-7-8-9-12-29-17-11-10-16(13-18(17)28-3)14-19-21(27)25-22(30-19)23-20(26)15(2)24-25/h10-11,13-14H,4-9,12H2,1-3H3. The van der Waals surface area contributed by atoms with Gasteiger partial charge in [-0.3, -0.25) is 9.59 Å². The Hall–Kier alpha value is -2.74. The molecule has 0 spiro atoms. The number of aromatic nitrogens is 3. The van der Waals surface area contributed by atoms with Crippen molar-refractivity contribution in [1.29, 1.82) is 0 Å². The number of thiazole rings is 1. The topological polar surface area (TPSA) is 82.8 Å². The van der Waals surface area contributed by atoms with Crippen LogP contribution in [0.15, 0.2) is 27.8 Å². The van der Waals surface area contributed by atoms with E-state index in [0.717, 1.165) is 29.7 Å². The van der Waals surface area contributed by atoms with Crippen LogP contribution in [0, 0.1) is 6.92 Å². The molecule has 160 valence electrons. The molecule has 2 aromatic heterocycles. The Balaban J connectivity index is 1.75. The average molecular weight is 430 g/mol. The maximum atomic E-state index is 12.6. The average Bonchev–Trinajstić information content (AvgIpc) is 3.03. The lowest BCUT2D eigenvalue weighted by Crippen LogP contribution is -2.27. The van der Waals surface area contributed by atoms with E-state index in [-0.39, 0.29) is 16.2 Å². The minimum Gasteiger partial charge on any atom is -0.493 e. The molecule has 0 aliphatic heterocycles. The van der Waals surface area contributed by atoms with Gasteiger partial charge < -0.3 is 9.47 Å². The van der Waals surface area contributed by atoms with Crippen molar-refractivity contribution in [1.82, 2.24) is 14.6 Å². The highest BCUT2D eigenvalue weighted by atomic mass is 32.1. The summed E-state index contributed by atoms with van der Waals surface area (Å²) in [6.07, 6.45) is 8.98. The van der Waals surface area contributed by atoms with Crippen LogP contribution in [-0.2, 0) is 0 Å². The zero-order chi connectivity index (χ0) is 21.5. The Morgan fingerprint density at radius 2 is 1.87 bits per heavy atom. The van der Waals surface area contributed by atoms with Crippen LogP contribution in [0.25, 0.3) is 11.0 Å². The highest BCUT2D eigenvalue weighted by Crippen LogP contribution is 2.28. The van der Waals surface area contributed by atoms with Gasteiger partial charge in [0.25, 0.3) is 11.1 Å². The van der Waals surface area contributed by atoms with E-state index in [1.807, 2.05) is 18.2 Å². The van der Waals surface area contributed by atoms with Gasteiger partial charge in [0.2, 0.25) is 4.96 Å². The lowest BCUT2D eigenvalue weighted by molar-refractivity contribution is 0.284. The summed E-state index contributed by atoms with van der Waals surface area (Å²) in [5, 5.41) is 4.02. The van der Waals surface area contributed by atoms with Gasteiger partial charge in [-0.15, -0.1) is 0 Å². The molecular formula is C22H27N3O4S. The molecule has 0 amide bonds. The number of hydrogen-bond acceptors (Lipinski definition) is 7. The van der Waals surface area contributed by atoms with E-state index in [9.17, 15) is 9.59 Å². The minimum absolute atomic E-state index is 0.197.